The Bertz CT molecular complexity index is 361. The number of rotatable bonds is 4. The summed E-state index contributed by atoms with van der Waals surface area (Å²) in [6, 6.07) is 0. The fourth-order valence-electron chi connectivity index (χ4n) is 2.41. The molecule has 0 N–H and O–H groups in total. The van der Waals surface area contributed by atoms with Gasteiger partial charge in [-0.05, 0) is 32.1 Å². The Balaban J connectivity index is 1.93. The number of imidazole rings is 1. The minimum atomic E-state index is 0.523. The fraction of sp³-hybridized carbons (Fsp3) is 0.643. The van der Waals surface area contributed by atoms with Crippen LogP contribution in [0.1, 0.15) is 57.7 Å². The maximum absolute atomic E-state index is 4.42. The van der Waals surface area contributed by atoms with Gasteiger partial charge in [-0.25, -0.2) is 4.98 Å². The fourth-order valence-corrected chi connectivity index (χ4v) is 2.41. The smallest absolute Gasteiger partial charge is 0.111 e. The van der Waals surface area contributed by atoms with Gasteiger partial charge in [0, 0.05) is 24.9 Å². The van der Waals surface area contributed by atoms with Crippen LogP contribution in [0.25, 0.3) is 0 Å². The van der Waals surface area contributed by atoms with Crippen molar-refractivity contribution in [1.29, 1.82) is 0 Å². The number of hydrogen-bond acceptors (Lipinski definition) is 1. The zero-order valence-electron chi connectivity index (χ0n) is 10.4. The van der Waals surface area contributed by atoms with Gasteiger partial charge in [0.2, 0.25) is 0 Å². The molecule has 1 aromatic rings. The van der Waals surface area contributed by atoms with Gasteiger partial charge in [-0.15, -0.1) is 0 Å². The van der Waals surface area contributed by atoms with Gasteiger partial charge in [0.25, 0.3) is 0 Å². The molecule has 1 aliphatic rings. The van der Waals surface area contributed by atoms with Crippen LogP contribution in [0.3, 0.4) is 0 Å². The van der Waals surface area contributed by atoms with Crippen molar-refractivity contribution in [2.75, 3.05) is 0 Å². The first-order chi connectivity index (χ1) is 7.77. The third-order valence-corrected chi connectivity index (χ3v) is 3.32. The van der Waals surface area contributed by atoms with E-state index in [4.69, 9.17) is 0 Å². The summed E-state index contributed by atoms with van der Waals surface area (Å²) in [5, 5.41) is 0. The highest BCUT2D eigenvalue weighted by molar-refractivity contribution is 5.06. The summed E-state index contributed by atoms with van der Waals surface area (Å²) in [4.78, 5) is 4.42. The highest BCUT2D eigenvalue weighted by Gasteiger charge is 2.08. The molecule has 1 aromatic heterocycles. The van der Waals surface area contributed by atoms with Crippen LogP contribution in [-0.4, -0.2) is 9.55 Å². The number of aromatic nitrogens is 2. The number of nitrogens with zero attached hydrogens (tertiary/aromatic N) is 2. The van der Waals surface area contributed by atoms with E-state index in [9.17, 15) is 0 Å². The van der Waals surface area contributed by atoms with Gasteiger partial charge >= 0.3 is 0 Å². The second-order valence-corrected chi connectivity index (χ2v) is 4.99. The predicted octanol–water partition coefficient (Wildman–Crippen LogP) is 3.90. The summed E-state index contributed by atoms with van der Waals surface area (Å²) in [6.07, 6.45) is 13.0. The number of aryl methyl sites for hydroxylation is 1. The van der Waals surface area contributed by atoms with E-state index in [1.165, 1.54) is 37.9 Å². The number of hydrogen-bond donors (Lipinski definition) is 0. The summed E-state index contributed by atoms with van der Waals surface area (Å²) in [6.45, 7) is 5.51. The first-order valence-corrected chi connectivity index (χ1v) is 6.46. The first-order valence-electron chi connectivity index (χ1n) is 6.46. The summed E-state index contributed by atoms with van der Waals surface area (Å²) >= 11 is 0. The van der Waals surface area contributed by atoms with Gasteiger partial charge in [0.15, 0.2) is 0 Å². The summed E-state index contributed by atoms with van der Waals surface area (Å²) in [7, 11) is 0. The van der Waals surface area contributed by atoms with Crippen LogP contribution in [-0.2, 0) is 6.54 Å². The normalized spacial score (nSPS) is 16.6. The molecule has 2 heteroatoms. The Hall–Kier alpha value is -1.05. The molecule has 2 nitrogen and oxygen atoms in total. The van der Waals surface area contributed by atoms with Crippen molar-refractivity contribution >= 4 is 0 Å². The quantitative estimate of drug-likeness (QED) is 0.701. The van der Waals surface area contributed by atoms with Crippen molar-refractivity contribution in [3.63, 3.8) is 0 Å². The number of allylic oxidation sites excluding steroid dienone is 2. The van der Waals surface area contributed by atoms with Gasteiger partial charge in [0.1, 0.15) is 5.82 Å². The molecule has 0 bridgehead atoms. The Labute approximate surface area is 98.4 Å². The maximum atomic E-state index is 4.42. The Kier molecular flexibility index (Phi) is 3.81. The lowest BCUT2D eigenvalue weighted by Gasteiger charge is -2.14. The zero-order chi connectivity index (χ0) is 11.4. The predicted molar refractivity (Wildman–Crippen MR) is 67.5 cm³/mol. The molecule has 0 amide bonds. The van der Waals surface area contributed by atoms with E-state index < -0.39 is 0 Å². The minimum absolute atomic E-state index is 0.523. The van der Waals surface area contributed by atoms with Gasteiger partial charge in [-0.2, -0.15) is 0 Å². The van der Waals surface area contributed by atoms with Crippen LogP contribution >= 0.6 is 0 Å². The van der Waals surface area contributed by atoms with E-state index in [1.807, 2.05) is 6.20 Å². The molecule has 0 fully saturated rings. The largest absolute Gasteiger partial charge is 0.334 e. The maximum Gasteiger partial charge on any atom is 0.111 e. The molecule has 0 aromatic carbocycles. The van der Waals surface area contributed by atoms with E-state index in [0.717, 1.165) is 6.54 Å². The van der Waals surface area contributed by atoms with Crippen LogP contribution in [0.5, 0.6) is 0 Å². The van der Waals surface area contributed by atoms with Gasteiger partial charge in [-0.1, -0.05) is 25.5 Å². The van der Waals surface area contributed by atoms with Crippen molar-refractivity contribution in [3.8, 4) is 0 Å². The SMILES string of the molecule is CC(C)c1nccn1CCC1=CCCCC1. The van der Waals surface area contributed by atoms with Crippen LogP contribution in [0.2, 0.25) is 0 Å². The highest BCUT2D eigenvalue weighted by atomic mass is 15.1. The monoisotopic (exact) mass is 218 g/mol. The molecular formula is C14H22N2. The van der Waals surface area contributed by atoms with E-state index in [1.54, 1.807) is 5.57 Å². The Morgan fingerprint density at radius 3 is 2.94 bits per heavy atom. The molecule has 1 aliphatic carbocycles. The van der Waals surface area contributed by atoms with E-state index in [2.05, 4.69) is 35.7 Å². The van der Waals surface area contributed by atoms with Crippen LogP contribution in [0, 0.1) is 0 Å². The van der Waals surface area contributed by atoms with E-state index >= 15 is 0 Å². The van der Waals surface area contributed by atoms with Crippen LogP contribution < -0.4 is 0 Å². The van der Waals surface area contributed by atoms with Crippen molar-refractivity contribution in [2.24, 2.45) is 0 Å². The average Bonchev–Trinajstić information content (AvgIpc) is 2.76. The molecule has 0 atom stereocenters. The zero-order valence-corrected chi connectivity index (χ0v) is 10.4. The van der Waals surface area contributed by atoms with Crippen molar-refractivity contribution in [3.05, 3.63) is 29.9 Å². The average molecular weight is 218 g/mol. The molecule has 16 heavy (non-hydrogen) atoms. The topological polar surface area (TPSA) is 17.8 Å². The van der Waals surface area contributed by atoms with Crippen molar-refractivity contribution < 1.29 is 0 Å². The molecule has 0 radical (unpaired) electrons. The summed E-state index contributed by atoms with van der Waals surface area (Å²) in [5.41, 5.74) is 1.65. The molecule has 0 aliphatic heterocycles. The second kappa shape index (κ2) is 5.33. The van der Waals surface area contributed by atoms with Crippen LogP contribution in [0.4, 0.5) is 0 Å². The molecule has 0 saturated carbocycles. The lowest BCUT2D eigenvalue weighted by molar-refractivity contribution is 0.590. The van der Waals surface area contributed by atoms with E-state index in [0.29, 0.717) is 5.92 Å². The van der Waals surface area contributed by atoms with Crippen molar-refractivity contribution in [2.45, 2.75) is 58.4 Å². The third-order valence-electron chi connectivity index (χ3n) is 3.32. The minimum Gasteiger partial charge on any atom is -0.334 e. The van der Waals surface area contributed by atoms with Gasteiger partial charge in [0.05, 0.1) is 0 Å². The molecule has 0 saturated heterocycles. The summed E-state index contributed by atoms with van der Waals surface area (Å²) < 4.78 is 2.31. The van der Waals surface area contributed by atoms with Gasteiger partial charge in [-0.3, -0.25) is 0 Å². The molecule has 1 heterocycles. The highest BCUT2D eigenvalue weighted by Crippen LogP contribution is 2.21. The van der Waals surface area contributed by atoms with E-state index in [-0.39, 0.29) is 0 Å². The molecule has 0 unspecified atom stereocenters. The Morgan fingerprint density at radius 1 is 1.38 bits per heavy atom. The Morgan fingerprint density at radius 2 is 2.25 bits per heavy atom. The van der Waals surface area contributed by atoms with Gasteiger partial charge < -0.3 is 4.57 Å². The van der Waals surface area contributed by atoms with Crippen LogP contribution in [0.15, 0.2) is 24.0 Å². The second-order valence-electron chi connectivity index (χ2n) is 4.99. The lowest BCUT2D eigenvalue weighted by atomic mass is 9.97. The standard InChI is InChI=1S/C14H22N2/c1-12(2)14-15-9-11-16(14)10-8-13-6-4-3-5-7-13/h6,9,11-12H,3-5,7-8,10H2,1-2H3. The van der Waals surface area contributed by atoms with Crippen molar-refractivity contribution in [1.82, 2.24) is 9.55 Å². The first kappa shape index (κ1) is 11.4. The molecule has 0 spiro atoms. The third kappa shape index (κ3) is 2.75. The molecular weight excluding hydrogens is 196 g/mol. The molecule has 88 valence electrons. The lowest BCUT2D eigenvalue weighted by Crippen LogP contribution is -2.06. The molecule has 2 rings (SSSR count). The summed E-state index contributed by atoms with van der Waals surface area (Å²) in [5.74, 6) is 1.74.